The molecule has 0 aliphatic heterocycles. The maximum atomic E-state index is 8.84. The van der Waals surface area contributed by atoms with Crippen molar-refractivity contribution in [1.82, 2.24) is 14.5 Å². The van der Waals surface area contributed by atoms with Gasteiger partial charge in [0.1, 0.15) is 5.52 Å². The Morgan fingerprint density at radius 2 is 2.20 bits per heavy atom. The van der Waals surface area contributed by atoms with E-state index in [1.54, 1.807) is 23.0 Å². The summed E-state index contributed by atoms with van der Waals surface area (Å²) < 4.78 is 2.67. The van der Waals surface area contributed by atoms with Gasteiger partial charge in [-0.15, -0.1) is 0 Å². The highest BCUT2D eigenvalue weighted by molar-refractivity contribution is 9.10. The first-order valence-electron chi connectivity index (χ1n) is 5.76. The quantitative estimate of drug-likeness (QED) is 0.326. The van der Waals surface area contributed by atoms with Crippen LogP contribution in [-0.2, 0) is 0 Å². The zero-order valence-electron chi connectivity index (χ0n) is 10.2. The van der Waals surface area contributed by atoms with E-state index >= 15 is 0 Å². The number of fused-ring (bicyclic) bond motifs is 1. The van der Waals surface area contributed by atoms with Crippen molar-refractivity contribution in [3.63, 3.8) is 0 Å². The number of rotatable bonds is 2. The Morgan fingerprint density at radius 3 is 3.00 bits per heavy atom. The lowest BCUT2D eigenvalue weighted by Gasteiger charge is -2.10. The summed E-state index contributed by atoms with van der Waals surface area (Å²) in [6.07, 6.45) is 5.23. The molecular weight excluding hydrogens is 322 g/mol. The molecule has 0 aliphatic rings. The molecule has 3 heterocycles. The standard InChI is InChI=1S/C13H10BrN5O/c14-8-6-9-12(17-7-8)10(3-4-16-9)19-5-1-2-11(19)13(15)18-20/h1-7,20H,(H2,15,18). The van der Waals surface area contributed by atoms with Gasteiger partial charge in [0.2, 0.25) is 0 Å². The Balaban J connectivity index is 2.28. The van der Waals surface area contributed by atoms with E-state index in [4.69, 9.17) is 10.9 Å². The summed E-state index contributed by atoms with van der Waals surface area (Å²) in [6.45, 7) is 0. The van der Waals surface area contributed by atoms with E-state index in [-0.39, 0.29) is 5.84 Å². The predicted molar refractivity (Wildman–Crippen MR) is 79.1 cm³/mol. The van der Waals surface area contributed by atoms with Gasteiger partial charge in [-0.1, -0.05) is 5.16 Å². The highest BCUT2D eigenvalue weighted by Crippen LogP contribution is 2.22. The van der Waals surface area contributed by atoms with Gasteiger partial charge in [-0.3, -0.25) is 9.97 Å². The first-order chi connectivity index (χ1) is 9.70. The van der Waals surface area contributed by atoms with E-state index in [1.165, 1.54) is 0 Å². The van der Waals surface area contributed by atoms with Crippen LogP contribution in [0.2, 0.25) is 0 Å². The van der Waals surface area contributed by atoms with E-state index < -0.39 is 0 Å². The van der Waals surface area contributed by atoms with Crippen molar-refractivity contribution >= 4 is 32.8 Å². The maximum Gasteiger partial charge on any atom is 0.187 e. The molecule has 0 atom stereocenters. The largest absolute Gasteiger partial charge is 0.409 e. The molecule has 3 rings (SSSR count). The lowest BCUT2D eigenvalue weighted by molar-refractivity contribution is 0.318. The molecular formula is C13H10BrN5O. The van der Waals surface area contributed by atoms with E-state index in [0.29, 0.717) is 5.69 Å². The molecule has 0 amide bonds. The first kappa shape index (κ1) is 12.6. The third-order valence-corrected chi connectivity index (χ3v) is 3.33. The molecule has 0 bridgehead atoms. The minimum absolute atomic E-state index is 0.0390. The number of pyridine rings is 2. The monoisotopic (exact) mass is 331 g/mol. The third kappa shape index (κ3) is 2.01. The van der Waals surface area contributed by atoms with E-state index in [2.05, 4.69) is 31.1 Å². The van der Waals surface area contributed by atoms with Gasteiger partial charge in [-0.2, -0.15) is 0 Å². The number of nitrogens with zero attached hydrogens (tertiary/aromatic N) is 4. The predicted octanol–water partition coefficient (Wildman–Crippen LogP) is 2.28. The average Bonchev–Trinajstić information content (AvgIpc) is 2.94. The topological polar surface area (TPSA) is 89.3 Å². The molecule has 0 aromatic carbocycles. The van der Waals surface area contributed by atoms with Crippen LogP contribution in [0.3, 0.4) is 0 Å². The van der Waals surface area contributed by atoms with Crippen molar-refractivity contribution in [2.24, 2.45) is 10.9 Å². The molecule has 3 aromatic heterocycles. The van der Waals surface area contributed by atoms with Gasteiger partial charge >= 0.3 is 0 Å². The number of aromatic nitrogens is 3. The van der Waals surface area contributed by atoms with Crippen LogP contribution in [-0.4, -0.2) is 25.6 Å². The summed E-state index contributed by atoms with van der Waals surface area (Å²) in [5.41, 5.74) is 8.58. The fraction of sp³-hybridized carbons (Fsp3) is 0. The minimum atomic E-state index is 0.0390. The maximum absolute atomic E-state index is 8.84. The summed E-state index contributed by atoms with van der Waals surface area (Å²) in [4.78, 5) is 8.68. The van der Waals surface area contributed by atoms with Crippen molar-refractivity contribution in [3.8, 4) is 5.69 Å². The van der Waals surface area contributed by atoms with Crippen LogP contribution in [0.1, 0.15) is 5.69 Å². The second-order valence-corrected chi connectivity index (χ2v) is 5.02. The molecule has 100 valence electrons. The van der Waals surface area contributed by atoms with Crippen molar-refractivity contribution in [2.75, 3.05) is 0 Å². The van der Waals surface area contributed by atoms with Gasteiger partial charge in [0.15, 0.2) is 5.84 Å². The van der Waals surface area contributed by atoms with Crippen LogP contribution in [0.4, 0.5) is 0 Å². The lowest BCUT2D eigenvalue weighted by atomic mass is 10.2. The Kier molecular flexibility index (Phi) is 3.11. The summed E-state index contributed by atoms with van der Waals surface area (Å²) in [5.74, 6) is 0.0390. The van der Waals surface area contributed by atoms with E-state index in [9.17, 15) is 0 Å². The molecule has 0 unspecified atom stereocenters. The Morgan fingerprint density at radius 1 is 1.35 bits per heavy atom. The molecule has 20 heavy (non-hydrogen) atoms. The molecule has 3 N–H and O–H groups in total. The van der Waals surface area contributed by atoms with Gasteiger partial charge < -0.3 is 15.5 Å². The fourth-order valence-electron chi connectivity index (χ4n) is 2.04. The Hall–Kier alpha value is -2.41. The summed E-state index contributed by atoms with van der Waals surface area (Å²) in [7, 11) is 0. The molecule has 7 heteroatoms. The number of hydrogen-bond donors (Lipinski definition) is 2. The van der Waals surface area contributed by atoms with Crippen molar-refractivity contribution in [3.05, 3.63) is 53.0 Å². The van der Waals surface area contributed by atoms with Gasteiger partial charge in [-0.05, 0) is 40.2 Å². The normalized spacial score (nSPS) is 11.9. The summed E-state index contributed by atoms with van der Waals surface area (Å²) in [6, 6.07) is 7.30. The van der Waals surface area contributed by atoms with Crippen LogP contribution < -0.4 is 5.73 Å². The van der Waals surface area contributed by atoms with Crippen LogP contribution in [0.15, 0.2) is 52.5 Å². The van der Waals surface area contributed by atoms with Crippen molar-refractivity contribution in [1.29, 1.82) is 0 Å². The molecule has 0 saturated carbocycles. The summed E-state index contributed by atoms with van der Waals surface area (Å²) in [5, 5.41) is 11.9. The number of nitrogens with two attached hydrogens (primary N) is 1. The van der Waals surface area contributed by atoms with Crippen molar-refractivity contribution < 1.29 is 5.21 Å². The van der Waals surface area contributed by atoms with Gasteiger partial charge in [-0.25, -0.2) is 0 Å². The van der Waals surface area contributed by atoms with Gasteiger partial charge in [0.25, 0.3) is 0 Å². The van der Waals surface area contributed by atoms with Crippen LogP contribution >= 0.6 is 15.9 Å². The van der Waals surface area contributed by atoms with Crippen molar-refractivity contribution in [2.45, 2.75) is 0 Å². The highest BCUT2D eigenvalue weighted by atomic mass is 79.9. The molecule has 6 nitrogen and oxygen atoms in total. The van der Waals surface area contributed by atoms with Gasteiger partial charge in [0, 0.05) is 23.1 Å². The van der Waals surface area contributed by atoms with Gasteiger partial charge in [0.05, 0.1) is 16.9 Å². The van der Waals surface area contributed by atoms with E-state index in [1.807, 2.05) is 24.4 Å². The average molecular weight is 332 g/mol. The van der Waals surface area contributed by atoms with Crippen LogP contribution in [0.25, 0.3) is 16.7 Å². The molecule has 0 aliphatic carbocycles. The van der Waals surface area contributed by atoms with E-state index in [0.717, 1.165) is 21.2 Å². The first-order valence-corrected chi connectivity index (χ1v) is 6.56. The zero-order chi connectivity index (χ0) is 14.1. The summed E-state index contributed by atoms with van der Waals surface area (Å²) >= 11 is 3.37. The number of oxime groups is 1. The third-order valence-electron chi connectivity index (χ3n) is 2.90. The molecule has 0 spiro atoms. The second-order valence-electron chi connectivity index (χ2n) is 4.10. The Bertz CT molecular complexity index is 811. The highest BCUT2D eigenvalue weighted by Gasteiger charge is 2.11. The second kappa shape index (κ2) is 4.93. The molecule has 3 aromatic rings. The van der Waals surface area contributed by atoms with Crippen LogP contribution in [0, 0.1) is 0 Å². The molecule has 0 radical (unpaired) electrons. The Labute approximate surface area is 122 Å². The lowest BCUT2D eigenvalue weighted by Crippen LogP contribution is -2.17. The van der Waals surface area contributed by atoms with Crippen LogP contribution in [0.5, 0.6) is 0 Å². The fourth-order valence-corrected chi connectivity index (χ4v) is 2.36. The smallest absolute Gasteiger partial charge is 0.187 e. The zero-order valence-corrected chi connectivity index (χ0v) is 11.8. The number of hydrogen-bond acceptors (Lipinski definition) is 4. The SMILES string of the molecule is N/C(=N/O)c1cccn1-c1ccnc2cc(Br)cnc12. The minimum Gasteiger partial charge on any atom is -0.409 e. The molecule has 0 fully saturated rings. The molecule has 0 saturated heterocycles. The number of halogens is 1. The number of amidine groups is 1.